The van der Waals surface area contributed by atoms with Gasteiger partial charge in [0, 0.05) is 12.8 Å². The minimum Gasteiger partial charge on any atom is -0.462 e. The standard InChI is InChI=1S/C53H106NO8P/c1-6-8-10-12-14-16-18-20-22-24-26-28-30-32-34-36-38-40-42-44-46-53(56)62-51(50-61-63(57,58)60-48-47-54(3,4)5)49-59-52(55)45-43-41-39-37-35-33-31-29-27-25-23-21-19-17-15-13-11-9-7-2/h51H,6-50H2,1-5H3/p+1. The summed E-state index contributed by atoms with van der Waals surface area (Å²) < 4.78 is 34.5. The fraction of sp³-hybridized carbons (Fsp3) is 0.962. The summed E-state index contributed by atoms with van der Waals surface area (Å²) in [5.74, 6) is -0.775. The van der Waals surface area contributed by atoms with Gasteiger partial charge in [-0.15, -0.1) is 0 Å². The Hall–Kier alpha value is -0.990. The van der Waals surface area contributed by atoms with Crippen LogP contribution >= 0.6 is 7.82 Å². The number of hydrogen-bond acceptors (Lipinski definition) is 7. The number of nitrogens with zero attached hydrogens (tertiary/aromatic N) is 1. The molecule has 2 atom stereocenters. The third-order valence-corrected chi connectivity index (χ3v) is 13.4. The predicted molar refractivity (Wildman–Crippen MR) is 266 cm³/mol. The molecular formula is C53H107NO8P+. The quantitative estimate of drug-likeness (QED) is 0.0278. The highest BCUT2D eigenvalue weighted by Crippen LogP contribution is 2.43. The zero-order valence-corrected chi connectivity index (χ0v) is 43.5. The summed E-state index contributed by atoms with van der Waals surface area (Å²) in [6, 6.07) is 0. The third-order valence-electron chi connectivity index (χ3n) is 12.4. The lowest BCUT2D eigenvalue weighted by Crippen LogP contribution is -2.37. The van der Waals surface area contributed by atoms with Gasteiger partial charge >= 0.3 is 19.8 Å². The van der Waals surface area contributed by atoms with Crippen LogP contribution in [0.25, 0.3) is 0 Å². The number of unbranched alkanes of at least 4 members (excludes halogenated alkanes) is 37. The second kappa shape index (κ2) is 46.1. The summed E-state index contributed by atoms with van der Waals surface area (Å²) in [6.45, 7) is 4.50. The number of likely N-dealkylation sites (N-methyl/N-ethyl adjacent to an activating group) is 1. The number of carbonyl (C=O) groups is 2. The maximum Gasteiger partial charge on any atom is 0.472 e. The highest BCUT2D eigenvalue weighted by Gasteiger charge is 2.27. The highest BCUT2D eigenvalue weighted by molar-refractivity contribution is 7.47. The molecule has 0 saturated heterocycles. The van der Waals surface area contributed by atoms with Crippen molar-refractivity contribution in [2.24, 2.45) is 0 Å². The lowest BCUT2D eigenvalue weighted by Gasteiger charge is -2.24. The van der Waals surface area contributed by atoms with E-state index in [0.29, 0.717) is 17.4 Å². The normalized spacial score (nSPS) is 13.3. The van der Waals surface area contributed by atoms with E-state index in [2.05, 4.69) is 13.8 Å². The van der Waals surface area contributed by atoms with E-state index >= 15 is 0 Å². The van der Waals surface area contributed by atoms with Crippen molar-refractivity contribution >= 4 is 19.8 Å². The fourth-order valence-corrected chi connectivity index (χ4v) is 8.88. The van der Waals surface area contributed by atoms with Crippen LogP contribution in [0.5, 0.6) is 0 Å². The molecule has 0 fully saturated rings. The summed E-state index contributed by atoms with van der Waals surface area (Å²) in [6.07, 6.45) is 50.1. The van der Waals surface area contributed by atoms with Gasteiger partial charge in [0.05, 0.1) is 27.7 Å². The molecular weight excluding hydrogens is 810 g/mol. The molecule has 10 heteroatoms. The molecule has 376 valence electrons. The molecule has 2 unspecified atom stereocenters. The van der Waals surface area contributed by atoms with Crippen molar-refractivity contribution in [3.05, 3.63) is 0 Å². The van der Waals surface area contributed by atoms with Crippen LogP contribution in [0.15, 0.2) is 0 Å². The van der Waals surface area contributed by atoms with Gasteiger partial charge in [-0.25, -0.2) is 4.57 Å². The van der Waals surface area contributed by atoms with Gasteiger partial charge < -0.3 is 18.9 Å². The SMILES string of the molecule is CCCCCCCCCCCCCCCCCCCCCCC(=O)OC(COC(=O)CCCCCCCCCCCCCCCCCCCCC)COP(=O)(O)OCC[N+](C)(C)C. The Balaban J connectivity index is 4.16. The lowest BCUT2D eigenvalue weighted by molar-refractivity contribution is -0.870. The molecule has 9 nitrogen and oxygen atoms in total. The van der Waals surface area contributed by atoms with Crippen LogP contribution in [-0.2, 0) is 32.7 Å². The van der Waals surface area contributed by atoms with E-state index in [-0.39, 0.29) is 25.6 Å². The molecule has 0 amide bonds. The smallest absolute Gasteiger partial charge is 0.462 e. The predicted octanol–water partition coefficient (Wildman–Crippen LogP) is 16.3. The van der Waals surface area contributed by atoms with Crippen LogP contribution in [0.1, 0.15) is 277 Å². The Bertz CT molecular complexity index is 1040. The van der Waals surface area contributed by atoms with Crippen LogP contribution < -0.4 is 0 Å². The maximum atomic E-state index is 12.8. The Labute approximate surface area is 391 Å². The van der Waals surface area contributed by atoms with Crippen LogP contribution in [0.2, 0.25) is 0 Å². The number of phosphoric ester groups is 1. The van der Waals surface area contributed by atoms with Crippen molar-refractivity contribution < 1.29 is 42.1 Å². The van der Waals surface area contributed by atoms with Gasteiger partial charge in [-0.3, -0.25) is 18.6 Å². The average Bonchev–Trinajstić information content (AvgIpc) is 3.24. The monoisotopic (exact) mass is 917 g/mol. The van der Waals surface area contributed by atoms with E-state index in [1.54, 1.807) is 0 Å². The molecule has 0 aliphatic heterocycles. The van der Waals surface area contributed by atoms with Gasteiger partial charge in [-0.05, 0) is 12.8 Å². The van der Waals surface area contributed by atoms with Crippen molar-refractivity contribution in [3.63, 3.8) is 0 Å². The van der Waals surface area contributed by atoms with Crippen LogP contribution in [0.3, 0.4) is 0 Å². The fourth-order valence-electron chi connectivity index (χ4n) is 8.14. The molecule has 0 rings (SSSR count). The van der Waals surface area contributed by atoms with E-state index in [1.165, 1.54) is 212 Å². The Kier molecular flexibility index (Phi) is 45.4. The van der Waals surface area contributed by atoms with E-state index in [0.717, 1.165) is 38.5 Å². The number of hydrogen-bond donors (Lipinski definition) is 1. The number of rotatable bonds is 51. The second-order valence-corrected chi connectivity index (χ2v) is 21.4. The van der Waals surface area contributed by atoms with Crippen LogP contribution in [-0.4, -0.2) is 74.9 Å². The first-order chi connectivity index (χ1) is 30.5. The number of esters is 2. The Morgan fingerprint density at radius 1 is 0.429 bits per heavy atom. The van der Waals surface area contributed by atoms with Crippen molar-refractivity contribution in [1.82, 2.24) is 0 Å². The van der Waals surface area contributed by atoms with E-state index < -0.39 is 26.5 Å². The molecule has 1 N–H and O–H groups in total. The van der Waals surface area contributed by atoms with Gasteiger partial charge in [0.2, 0.25) is 0 Å². The second-order valence-electron chi connectivity index (χ2n) is 20.0. The zero-order valence-electron chi connectivity index (χ0n) is 42.6. The molecule has 0 saturated carbocycles. The summed E-state index contributed by atoms with van der Waals surface area (Å²) in [5.41, 5.74) is 0. The van der Waals surface area contributed by atoms with Crippen molar-refractivity contribution in [1.29, 1.82) is 0 Å². The van der Waals surface area contributed by atoms with E-state index in [4.69, 9.17) is 18.5 Å². The summed E-state index contributed by atoms with van der Waals surface area (Å²) in [7, 11) is 1.50. The molecule has 0 aliphatic rings. The van der Waals surface area contributed by atoms with Crippen LogP contribution in [0, 0.1) is 0 Å². The first kappa shape index (κ1) is 62.0. The minimum atomic E-state index is -4.37. The molecule has 0 aromatic heterocycles. The van der Waals surface area contributed by atoms with Gasteiger partial charge in [0.25, 0.3) is 0 Å². The first-order valence-corrected chi connectivity index (χ1v) is 28.8. The molecule has 0 radical (unpaired) electrons. The van der Waals surface area contributed by atoms with E-state index in [9.17, 15) is 19.0 Å². The number of phosphoric acid groups is 1. The molecule has 0 aromatic rings. The molecule has 0 spiro atoms. The lowest BCUT2D eigenvalue weighted by atomic mass is 10.0. The van der Waals surface area contributed by atoms with Gasteiger partial charge in [0.15, 0.2) is 6.10 Å². The molecule has 0 heterocycles. The molecule has 0 bridgehead atoms. The van der Waals surface area contributed by atoms with E-state index in [1.807, 2.05) is 21.1 Å². The average molecular weight is 917 g/mol. The topological polar surface area (TPSA) is 108 Å². The zero-order chi connectivity index (χ0) is 46.4. The minimum absolute atomic E-state index is 0.0373. The Morgan fingerprint density at radius 2 is 0.714 bits per heavy atom. The maximum absolute atomic E-state index is 12.8. The Morgan fingerprint density at radius 3 is 1.02 bits per heavy atom. The molecule has 0 aliphatic carbocycles. The van der Waals surface area contributed by atoms with Gasteiger partial charge in [0.1, 0.15) is 19.8 Å². The molecule has 0 aromatic carbocycles. The number of carbonyl (C=O) groups excluding carboxylic acids is 2. The summed E-state index contributed by atoms with van der Waals surface area (Å²) >= 11 is 0. The largest absolute Gasteiger partial charge is 0.472 e. The van der Waals surface area contributed by atoms with Crippen LogP contribution in [0.4, 0.5) is 0 Å². The summed E-state index contributed by atoms with van der Waals surface area (Å²) in [5, 5.41) is 0. The van der Waals surface area contributed by atoms with Crippen molar-refractivity contribution in [2.45, 2.75) is 283 Å². The summed E-state index contributed by atoms with van der Waals surface area (Å²) in [4.78, 5) is 35.6. The first-order valence-electron chi connectivity index (χ1n) is 27.3. The van der Waals surface area contributed by atoms with Gasteiger partial charge in [-0.1, -0.05) is 251 Å². The molecule has 63 heavy (non-hydrogen) atoms. The van der Waals surface area contributed by atoms with Crippen molar-refractivity contribution in [3.8, 4) is 0 Å². The number of quaternary nitrogens is 1. The highest BCUT2D eigenvalue weighted by atomic mass is 31.2. The number of ether oxygens (including phenoxy) is 2. The third kappa shape index (κ3) is 50.3. The van der Waals surface area contributed by atoms with Gasteiger partial charge in [-0.2, -0.15) is 0 Å². The van der Waals surface area contributed by atoms with Crippen molar-refractivity contribution in [2.75, 3.05) is 47.5 Å².